The molecule has 8 nitrogen and oxygen atoms in total. The molecule has 0 bridgehead atoms. The van der Waals surface area contributed by atoms with Crippen LogP contribution in [-0.2, 0) is 27.2 Å². The number of carbonyl (C=O) groups excluding carboxylic acids is 1. The Morgan fingerprint density at radius 1 is 1.03 bits per heavy atom. The molecule has 1 heterocycles. The molecule has 2 atom stereocenters. The fourth-order valence-corrected chi connectivity index (χ4v) is 4.70. The third-order valence-corrected chi connectivity index (χ3v) is 6.66. The first-order valence-electron chi connectivity index (χ1n) is 11.6. The van der Waals surface area contributed by atoms with Crippen molar-refractivity contribution < 1.29 is 38.1 Å². The van der Waals surface area contributed by atoms with Gasteiger partial charge in [0.05, 0.1) is 48.1 Å². The van der Waals surface area contributed by atoms with Crippen LogP contribution in [0.2, 0.25) is 0 Å². The van der Waals surface area contributed by atoms with Crippen molar-refractivity contribution in [1.82, 2.24) is 0 Å². The Morgan fingerprint density at radius 3 is 2.34 bits per heavy atom. The second-order valence-electron chi connectivity index (χ2n) is 8.84. The Labute approximate surface area is 206 Å². The third-order valence-electron chi connectivity index (χ3n) is 6.66. The lowest BCUT2D eigenvalue weighted by Crippen LogP contribution is -2.52. The van der Waals surface area contributed by atoms with Gasteiger partial charge in [0.15, 0.2) is 11.5 Å². The molecule has 0 amide bonds. The van der Waals surface area contributed by atoms with Gasteiger partial charge in [0.25, 0.3) is 0 Å². The molecule has 1 aliphatic heterocycles. The molecule has 1 aliphatic rings. The summed E-state index contributed by atoms with van der Waals surface area (Å²) in [5.74, 6) is 0.428. The highest BCUT2D eigenvalue weighted by atomic mass is 16.5. The first kappa shape index (κ1) is 26.1. The standard InChI is InChI=1S/C27H33NO7/c1-28(13-5-15-35-27(31)11-10-26(29)30)14-12-20-17-24(33-3)25(34-4)18-22(20)23(28)16-19-6-8-21(32-2)9-7-19/h6-11,17-18,23H,5,12-16H2,1-4H3/p+1/b11-10-/t23-,28-/m1/s1. The molecule has 0 saturated heterocycles. The van der Waals surface area contributed by atoms with Crippen molar-refractivity contribution >= 4 is 11.9 Å². The smallest absolute Gasteiger partial charge is 0.331 e. The number of carboxylic acid groups (broad SMARTS) is 1. The lowest BCUT2D eigenvalue weighted by Gasteiger charge is -2.46. The number of benzene rings is 2. The minimum Gasteiger partial charge on any atom is -0.497 e. The van der Waals surface area contributed by atoms with E-state index in [1.165, 1.54) is 16.7 Å². The molecule has 1 N–H and O–H groups in total. The molecule has 0 aromatic heterocycles. The summed E-state index contributed by atoms with van der Waals surface area (Å²) in [6, 6.07) is 12.5. The van der Waals surface area contributed by atoms with E-state index in [0.29, 0.717) is 12.2 Å². The van der Waals surface area contributed by atoms with Gasteiger partial charge in [-0.3, -0.25) is 0 Å². The number of nitrogens with zero attached hydrogens (tertiary/aromatic N) is 1. The summed E-state index contributed by atoms with van der Waals surface area (Å²) in [6.45, 7) is 1.95. The Kier molecular flexibility index (Phi) is 8.76. The minimum atomic E-state index is -1.18. The van der Waals surface area contributed by atoms with Crippen LogP contribution in [0.1, 0.15) is 29.2 Å². The van der Waals surface area contributed by atoms with E-state index in [9.17, 15) is 9.59 Å². The normalized spacial score (nSPS) is 19.1. The molecule has 188 valence electrons. The molecule has 0 spiro atoms. The molecule has 3 rings (SSSR count). The number of likely N-dealkylation sites (N-methyl/N-ethyl adjacent to an activating group) is 1. The summed E-state index contributed by atoms with van der Waals surface area (Å²) < 4.78 is 22.4. The van der Waals surface area contributed by atoms with Gasteiger partial charge >= 0.3 is 11.9 Å². The summed E-state index contributed by atoms with van der Waals surface area (Å²) in [5, 5.41) is 8.65. The Morgan fingerprint density at radius 2 is 1.71 bits per heavy atom. The van der Waals surface area contributed by atoms with Gasteiger partial charge < -0.3 is 28.5 Å². The number of esters is 1. The van der Waals surface area contributed by atoms with Gasteiger partial charge in [0.1, 0.15) is 11.8 Å². The first-order valence-corrected chi connectivity index (χ1v) is 11.6. The zero-order chi connectivity index (χ0) is 25.4. The highest BCUT2D eigenvalue weighted by Crippen LogP contribution is 2.42. The zero-order valence-electron chi connectivity index (χ0n) is 20.8. The van der Waals surface area contributed by atoms with E-state index in [-0.39, 0.29) is 12.6 Å². The van der Waals surface area contributed by atoms with Crippen LogP contribution in [0.4, 0.5) is 0 Å². The van der Waals surface area contributed by atoms with E-state index in [4.69, 9.17) is 24.1 Å². The number of carboxylic acids is 1. The van der Waals surface area contributed by atoms with E-state index >= 15 is 0 Å². The van der Waals surface area contributed by atoms with Crippen LogP contribution in [0, 0.1) is 0 Å². The van der Waals surface area contributed by atoms with E-state index in [2.05, 4.69) is 31.3 Å². The van der Waals surface area contributed by atoms with Gasteiger partial charge in [0.2, 0.25) is 0 Å². The number of hydrogen-bond acceptors (Lipinski definition) is 6. The maximum Gasteiger partial charge on any atom is 0.331 e. The summed E-state index contributed by atoms with van der Waals surface area (Å²) >= 11 is 0. The summed E-state index contributed by atoms with van der Waals surface area (Å²) in [6.07, 6.45) is 4.09. The fraction of sp³-hybridized carbons (Fsp3) is 0.407. The summed E-state index contributed by atoms with van der Waals surface area (Å²) in [4.78, 5) is 22.3. The van der Waals surface area contributed by atoms with Crippen molar-refractivity contribution in [2.24, 2.45) is 0 Å². The monoisotopic (exact) mass is 484 g/mol. The Bertz CT molecular complexity index is 1060. The van der Waals surface area contributed by atoms with Crippen molar-refractivity contribution in [2.45, 2.75) is 25.3 Å². The number of ether oxygens (including phenoxy) is 4. The van der Waals surface area contributed by atoms with Gasteiger partial charge in [-0.2, -0.15) is 0 Å². The van der Waals surface area contributed by atoms with Crippen LogP contribution in [-0.4, -0.2) is 69.6 Å². The lowest BCUT2D eigenvalue weighted by molar-refractivity contribution is -0.941. The molecule has 0 unspecified atom stereocenters. The highest BCUT2D eigenvalue weighted by molar-refractivity contribution is 5.90. The van der Waals surface area contributed by atoms with Crippen LogP contribution >= 0.6 is 0 Å². The number of methoxy groups -OCH3 is 3. The number of fused-ring (bicyclic) bond motifs is 1. The number of aliphatic carboxylic acids is 1. The van der Waals surface area contributed by atoms with Gasteiger partial charge in [0, 0.05) is 37.0 Å². The SMILES string of the molecule is COc1ccc(C[C@@H]2c3cc(OC)c(OC)cc3CC[N@@+]2(C)CCCOC(=O)/C=C\C(=O)O)cc1. The van der Waals surface area contributed by atoms with Crippen LogP contribution < -0.4 is 14.2 Å². The highest BCUT2D eigenvalue weighted by Gasteiger charge is 2.39. The molecular formula is C27H34NO7+. The average molecular weight is 485 g/mol. The lowest BCUT2D eigenvalue weighted by atomic mass is 9.86. The van der Waals surface area contributed by atoms with Crippen molar-refractivity contribution in [3.8, 4) is 17.2 Å². The van der Waals surface area contributed by atoms with E-state index < -0.39 is 11.9 Å². The van der Waals surface area contributed by atoms with Gasteiger partial charge in [-0.1, -0.05) is 12.1 Å². The molecule has 8 heteroatoms. The molecule has 0 fully saturated rings. The van der Waals surface area contributed by atoms with Crippen LogP contribution in [0.3, 0.4) is 0 Å². The number of quaternary nitrogens is 1. The molecule has 2 aromatic rings. The van der Waals surface area contributed by atoms with Crippen molar-refractivity contribution in [1.29, 1.82) is 0 Å². The molecular weight excluding hydrogens is 450 g/mol. The van der Waals surface area contributed by atoms with Crippen molar-refractivity contribution in [3.05, 3.63) is 65.2 Å². The molecule has 0 saturated carbocycles. The van der Waals surface area contributed by atoms with Crippen LogP contribution in [0.5, 0.6) is 17.2 Å². The second-order valence-corrected chi connectivity index (χ2v) is 8.84. The van der Waals surface area contributed by atoms with Gasteiger partial charge in [-0.05, 0) is 35.4 Å². The van der Waals surface area contributed by atoms with Crippen molar-refractivity contribution in [2.75, 3.05) is 48.1 Å². The predicted octanol–water partition coefficient (Wildman–Crippen LogP) is 3.57. The topological polar surface area (TPSA) is 91.3 Å². The quantitative estimate of drug-likeness (QED) is 0.226. The zero-order valence-corrected chi connectivity index (χ0v) is 20.8. The third kappa shape index (κ3) is 6.54. The largest absolute Gasteiger partial charge is 0.497 e. The van der Waals surface area contributed by atoms with Crippen LogP contribution in [0.25, 0.3) is 0 Å². The van der Waals surface area contributed by atoms with Crippen LogP contribution in [0.15, 0.2) is 48.6 Å². The molecule has 35 heavy (non-hydrogen) atoms. The second kappa shape index (κ2) is 11.8. The summed E-state index contributed by atoms with van der Waals surface area (Å²) in [5.41, 5.74) is 3.68. The Hall–Kier alpha value is -3.52. The number of carbonyl (C=O) groups is 2. The average Bonchev–Trinajstić information content (AvgIpc) is 2.86. The van der Waals surface area contributed by atoms with Gasteiger partial charge in [-0.15, -0.1) is 0 Å². The first-order chi connectivity index (χ1) is 16.8. The number of hydrogen-bond donors (Lipinski definition) is 1. The van der Waals surface area contributed by atoms with E-state index in [1.54, 1.807) is 21.3 Å². The predicted molar refractivity (Wildman–Crippen MR) is 131 cm³/mol. The Balaban J connectivity index is 1.83. The molecule has 2 aromatic carbocycles. The summed E-state index contributed by atoms with van der Waals surface area (Å²) in [7, 11) is 7.19. The maximum atomic E-state index is 11.7. The van der Waals surface area contributed by atoms with E-state index in [0.717, 1.165) is 54.1 Å². The minimum absolute atomic E-state index is 0.162. The fourth-order valence-electron chi connectivity index (χ4n) is 4.70. The van der Waals surface area contributed by atoms with Gasteiger partial charge in [-0.25, -0.2) is 9.59 Å². The number of rotatable bonds is 11. The van der Waals surface area contributed by atoms with E-state index in [1.807, 2.05) is 12.1 Å². The maximum absolute atomic E-state index is 11.7. The molecule has 0 radical (unpaired) electrons. The van der Waals surface area contributed by atoms with Crippen molar-refractivity contribution in [3.63, 3.8) is 0 Å². The molecule has 0 aliphatic carbocycles.